The topological polar surface area (TPSA) is 21.3 Å². The SMILES string of the molecule is COCCC(C)(C)CNC1CC(C)CC(C)C1. The molecule has 0 amide bonds. The second kappa shape index (κ2) is 6.75. The van der Waals surface area contributed by atoms with Crippen molar-refractivity contribution in [1.82, 2.24) is 5.32 Å². The molecular formula is C15H31NO. The quantitative estimate of drug-likeness (QED) is 0.769. The monoisotopic (exact) mass is 241 g/mol. The van der Waals surface area contributed by atoms with Crippen LogP contribution >= 0.6 is 0 Å². The minimum absolute atomic E-state index is 0.347. The fourth-order valence-electron chi connectivity index (χ4n) is 3.00. The second-order valence-electron chi connectivity index (χ2n) is 6.90. The predicted molar refractivity (Wildman–Crippen MR) is 74.2 cm³/mol. The maximum Gasteiger partial charge on any atom is 0.0467 e. The Kier molecular flexibility index (Phi) is 5.94. The molecule has 0 heterocycles. The molecule has 1 N–H and O–H groups in total. The van der Waals surface area contributed by atoms with Crippen LogP contribution in [-0.4, -0.2) is 26.3 Å². The van der Waals surface area contributed by atoms with Gasteiger partial charge < -0.3 is 10.1 Å². The van der Waals surface area contributed by atoms with Crippen molar-refractivity contribution in [3.8, 4) is 0 Å². The average Bonchev–Trinajstić information content (AvgIpc) is 2.23. The zero-order chi connectivity index (χ0) is 12.9. The Morgan fingerprint density at radius 2 is 1.71 bits per heavy atom. The zero-order valence-electron chi connectivity index (χ0n) is 12.4. The molecule has 0 aliphatic heterocycles. The minimum atomic E-state index is 0.347. The van der Waals surface area contributed by atoms with Gasteiger partial charge in [0.15, 0.2) is 0 Å². The largest absolute Gasteiger partial charge is 0.385 e. The molecule has 1 rings (SSSR count). The van der Waals surface area contributed by atoms with Gasteiger partial charge in [-0.3, -0.25) is 0 Å². The smallest absolute Gasteiger partial charge is 0.0467 e. The summed E-state index contributed by atoms with van der Waals surface area (Å²) in [5.74, 6) is 1.77. The fraction of sp³-hybridized carbons (Fsp3) is 1.00. The van der Waals surface area contributed by atoms with Gasteiger partial charge in [0.1, 0.15) is 0 Å². The van der Waals surface area contributed by atoms with Crippen LogP contribution in [0.25, 0.3) is 0 Å². The van der Waals surface area contributed by atoms with E-state index in [0.717, 1.165) is 37.5 Å². The molecule has 1 aliphatic carbocycles. The number of rotatable bonds is 6. The van der Waals surface area contributed by atoms with E-state index >= 15 is 0 Å². The molecule has 0 spiro atoms. The molecule has 0 saturated heterocycles. The maximum atomic E-state index is 5.18. The van der Waals surface area contributed by atoms with E-state index in [-0.39, 0.29) is 0 Å². The van der Waals surface area contributed by atoms with E-state index in [1.165, 1.54) is 19.3 Å². The van der Waals surface area contributed by atoms with Gasteiger partial charge in [-0.25, -0.2) is 0 Å². The molecule has 0 aromatic heterocycles. The van der Waals surface area contributed by atoms with Crippen LogP contribution in [0.2, 0.25) is 0 Å². The summed E-state index contributed by atoms with van der Waals surface area (Å²) in [6.45, 7) is 11.4. The van der Waals surface area contributed by atoms with Gasteiger partial charge in [-0.05, 0) is 42.9 Å². The lowest BCUT2D eigenvalue weighted by Crippen LogP contribution is -2.41. The summed E-state index contributed by atoms with van der Waals surface area (Å²) in [5.41, 5.74) is 0.347. The lowest BCUT2D eigenvalue weighted by Gasteiger charge is -2.35. The van der Waals surface area contributed by atoms with Crippen molar-refractivity contribution < 1.29 is 4.74 Å². The van der Waals surface area contributed by atoms with E-state index in [4.69, 9.17) is 4.74 Å². The molecule has 1 aliphatic rings. The van der Waals surface area contributed by atoms with Crippen molar-refractivity contribution >= 4 is 0 Å². The number of methoxy groups -OCH3 is 1. The van der Waals surface area contributed by atoms with Crippen LogP contribution in [0, 0.1) is 17.3 Å². The molecule has 1 saturated carbocycles. The summed E-state index contributed by atoms with van der Waals surface area (Å²) in [6, 6.07) is 0.732. The number of hydrogen-bond acceptors (Lipinski definition) is 2. The highest BCUT2D eigenvalue weighted by molar-refractivity contribution is 4.82. The first-order valence-corrected chi connectivity index (χ1v) is 7.15. The summed E-state index contributed by atoms with van der Waals surface area (Å²) in [7, 11) is 1.79. The number of ether oxygens (including phenoxy) is 1. The second-order valence-corrected chi connectivity index (χ2v) is 6.90. The molecule has 0 aromatic carbocycles. The van der Waals surface area contributed by atoms with Crippen LogP contribution in [0.4, 0.5) is 0 Å². The van der Waals surface area contributed by atoms with E-state index in [0.29, 0.717) is 5.41 Å². The highest BCUT2D eigenvalue weighted by atomic mass is 16.5. The summed E-state index contributed by atoms with van der Waals surface area (Å²) in [6.07, 6.45) is 5.25. The highest BCUT2D eigenvalue weighted by Gasteiger charge is 2.25. The summed E-state index contributed by atoms with van der Waals surface area (Å²) < 4.78 is 5.18. The summed E-state index contributed by atoms with van der Waals surface area (Å²) >= 11 is 0. The molecule has 2 unspecified atom stereocenters. The zero-order valence-corrected chi connectivity index (χ0v) is 12.4. The molecule has 2 heteroatoms. The Hall–Kier alpha value is -0.0800. The Morgan fingerprint density at radius 1 is 1.12 bits per heavy atom. The van der Waals surface area contributed by atoms with Crippen molar-refractivity contribution in [2.45, 2.75) is 59.4 Å². The van der Waals surface area contributed by atoms with Crippen molar-refractivity contribution in [2.75, 3.05) is 20.3 Å². The Morgan fingerprint density at radius 3 is 2.24 bits per heavy atom. The van der Waals surface area contributed by atoms with Gasteiger partial charge in [0.2, 0.25) is 0 Å². The fourth-order valence-corrected chi connectivity index (χ4v) is 3.00. The van der Waals surface area contributed by atoms with Crippen molar-refractivity contribution in [1.29, 1.82) is 0 Å². The van der Waals surface area contributed by atoms with Gasteiger partial charge in [-0.2, -0.15) is 0 Å². The van der Waals surface area contributed by atoms with Crippen LogP contribution in [0.5, 0.6) is 0 Å². The maximum absolute atomic E-state index is 5.18. The van der Waals surface area contributed by atoms with Gasteiger partial charge in [0.25, 0.3) is 0 Å². The Balaban J connectivity index is 2.29. The normalized spacial score (nSPS) is 30.5. The van der Waals surface area contributed by atoms with Crippen LogP contribution in [0.1, 0.15) is 53.4 Å². The van der Waals surface area contributed by atoms with Crippen molar-refractivity contribution in [3.05, 3.63) is 0 Å². The van der Waals surface area contributed by atoms with E-state index in [2.05, 4.69) is 33.0 Å². The standard InChI is InChI=1S/C15H31NO/c1-12-8-13(2)10-14(9-12)16-11-15(3,4)6-7-17-5/h12-14,16H,6-11H2,1-5H3. The molecule has 2 nitrogen and oxygen atoms in total. The van der Waals surface area contributed by atoms with Crippen LogP contribution < -0.4 is 5.32 Å². The molecule has 1 fully saturated rings. The molecule has 0 bridgehead atoms. The summed E-state index contributed by atoms with van der Waals surface area (Å²) in [5, 5.41) is 3.78. The summed E-state index contributed by atoms with van der Waals surface area (Å²) in [4.78, 5) is 0. The van der Waals surface area contributed by atoms with E-state index < -0.39 is 0 Å². The molecular weight excluding hydrogens is 210 g/mol. The highest BCUT2D eigenvalue weighted by Crippen LogP contribution is 2.29. The first kappa shape index (κ1) is 15.0. The predicted octanol–water partition coefficient (Wildman–Crippen LogP) is 3.46. The van der Waals surface area contributed by atoms with Crippen molar-refractivity contribution in [2.24, 2.45) is 17.3 Å². The molecule has 102 valence electrons. The lowest BCUT2D eigenvalue weighted by molar-refractivity contribution is 0.143. The third-order valence-electron chi connectivity index (χ3n) is 4.03. The van der Waals surface area contributed by atoms with Gasteiger partial charge in [0.05, 0.1) is 0 Å². The first-order valence-electron chi connectivity index (χ1n) is 7.15. The number of nitrogens with one attached hydrogen (secondary N) is 1. The van der Waals surface area contributed by atoms with E-state index in [9.17, 15) is 0 Å². The van der Waals surface area contributed by atoms with Gasteiger partial charge in [0, 0.05) is 26.3 Å². The van der Waals surface area contributed by atoms with E-state index in [1.54, 1.807) is 7.11 Å². The molecule has 0 aromatic rings. The van der Waals surface area contributed by atoms with Gasteiger partial charge in [-0.15, -0.1) is 0 Å². The molecule has 0 radical (unpaired) electrons. The Labute approximate surface area is 108 Å². The lowest BCUT2D eigenvalue weighted by atomic mass is 9.80. The van der Waals surface area contributed by atoms with Gasteiger partial charge >= 0.3 is 0 Å². The third-order valence-corrected chi connectivity index (χ3v) is 4.03. The van der Waals surface area contributed by atoms with Crippen molar-refractivity contribution in [3.63, 3.8) is 0 Å². The van der Waals surface area contributed by atoms with Crippen LogP contribution in [-0.2, 0) is 4.74 Å². The van der Waals surface area contributed by atoms with Crippen LogP contribution in [0.15, 0.2) is 0 Å². The first-order chi connectivity index (χ1) is 7.93. The number of hydrogen-bond donors (Lipinski definition) is 1. The Bertz CT molecular complexity index is 205. The van der Waals surface area contributed by atoms with Crippen LogP contribution in [0.3, 0.4) is 0 Å². The minimum Gasteiger partial charge on any atom is -0.385 e. The van der Waals surface area contributed by atoms with E-state index in [1.807, 2.05) is 0 Å². The third kappa shape index (κ3) is 5.87. The average molecular weight is 241 g/mol. The van der Waals surface area contributed by atoms with Gasteiger partial charge in [-0.1, -0.05) is 27.7 Å². The molecule has 17 heavy (non-hydrogen) atoms. The molecule has 2 atom stereocenters.